The number of esters is 1. The molecule has 0 unspecified atom stereocenters. The van der Waals surface area contributed by atoms with Crippen LogP contribution >= 0.6 is 0 Å². The van der Waals surface area contributed by atoms with Crippen molar-refractivity contribution >= 4 is 17.7 Å². The van der Waals surface area contributed by atoms with Gasteiger partial charge in [-0.15, -0.1) is 0 Å². The summed E-state index contributed by atoms with van der Waals surface area (Å²) in [5.74, 6) is 0.124. The van der Waals surface area contributed by atoms with Gasteiger partial charge in [0.25, 0.3) is 5.91 Å². The summed E-state index contributed by atoms with van der Waals surface area (Å²) in [4.78, 5) is 31.4. The van der Waals surface area contributed by atoms with E-state index in [1.807, 2.05) is 0 Å². The largest absolute Gasteiger partial charge is 0.452 e. The lowest BCUT2D eigenvalue weighted by Gasteiger charge is -2.05. The fourth-order valence-electron chi connectivity index (χ4n) is 1.79. The molecule has 1 N–H and O–H groups in total. The van der Waals surface area contributed by atoms with E-state index in [1.165, 1.54) is 29.6 Å². The Hall–Kier alpha value is -3.56. The van der Waals surface area contributed by atoms with Crippen LogP contribution in [0.4, 0.5) is 5.82 Å². The van der Waals surface area contributed by atoms with Gasteiger partial charge in [0.05, 0.1) is 5.56 Å². The van der Waals surface area contributed by atoms with Crippen LogP contribution in [0.2, 0.25) is 0 Å². The van der Waals surface area contributed by atoms with E-state index < -0.39 is 18.5 Å². The number of ether oxygens (including phenoxy) is 1. The normalized spacial score (nSPS) is 10.4. The number of amides is 1. The van der Waals surface area contributed by atoms with Gasteiger partial charge in [-0.25, -0.2) is 19.4 Å². The molecule has 0 saturated carbocycles. The van der Waals surface area contributed by atoms with E-state index >= 15 is 0 Å². The van der Waals surface area contributed by atoms with E-state index in [1.54, 1.807) is 19.1 Å². The molecule has 0 aliphatic heterocycles. The minimum Gasteiger partial charge on any atom is -0.452 e. The molecule has 0 aromatic carbocycles. The van der Waals surface area contributed by atoms with Gasteiger partial charge in [0.1, 0.15) is 18.4 Å². The van der Waals surface area contributed by atoms with Gasteiger partial charge in [-0.05, 0) is 19.1 Å². The number of hydrogen-bond acceptors (Lipinski definition) is 8. The molecule has 0 bridgehead atoms. The van der Waals surface area contributed by atoms with Gasteiger partial charge in [-0.1, -0.05) is 5.16 Å². The Balaban J connectivity index is 1.54. The Labute approximate surface area is 135 Å². The lowest BCUT2D eigenvalue weighted by atomic mass is 10.3. The highest BCUT2D eigenvalue weighted by atomic mass is 16.5. The average molecular weight is 328 g/mol. The highest BCUT2D eigenvalue weighted by Gasteiger charge is 2.12. The molecule has 24 heavy (non-hydrogen) atoms. The van der Waals surface area contributed by atoms with E-state index in [0.29, 0.717) is 11.6 Å². The SMILES string of the molecule is Cc1cc(NC(=O)COC(=O)c2ccc(-n3cncn3)nc2)no1. The zero-order valence-corrected chi connectivity index (χ0v) is 12.5. The van der Waals surface area contributed by atoms with Gasteiger partial charge in [0.15, 0.2) is 18.2 Å². The summed E-state index contributed by atoms with van der Waals surface area (Å²) >= 11 is 0. The molecule has 0 fully saturated rings. The first kappa shape index (κ1) is 15.3. The second-order valence-corrected chi connectivity index (χ2v) is 4.69. The Bertz CT molecular complexity index is 841. The third-order valence-corrected chi connectivity index (χ3v) is 2.87. The quantitative estimate of drug-likeness (QED) is 0.680. The van der Waals surface area contributed by atoms with Crippen LogP contribution < -0.4 is 5.32 Å². The monoisotopic (exact) mass is 328 g/mol. The number of hydrogen-bond donors (Lipinski definition) is 1. The molecule has 3 aromatic rings. The van der Waals surface area contributed by atoms with Crippen molar-refractivity contribution in [2.45, 2.75) is 6.92 Å². The maximum Gasteiger partial charge on any atom is 0.340 e. The van der Waals surface area contributed by atoms with Crippen molar-refractivity contribution in [2.75, 3.05) is 11.9 Å². The number of anilines is 1. The number of carbonyl (C=O) groups is 2. The van der Waals surface area contributed by atoms with Crippen LogP contribution in [0.15, 0.2) is 41.6 Å². The minimum atomic E-state index is -0.667. The molecule has 10 heteroatoms. The molecule has 0 spiro atoms. The van der Waals surface area contributed by atoms with Crippen LogP contribution in [0.1, 0.15) is 16.1 Å². The van der Waals surface area contributed by atoms with E-state index in [-0.39, 0.29) is 11.4 Å². The molecule has 10 nitrogen and oxygen atoms in total. The minimum absolute atomic E-state index is 0.212. The molecule has 1 amide bonds. The summed E-state index contributed by atoms with van der Waals surface area (Å²) in [5, 5.41) is 9.97. The van der Waals surface area contributed by atoms with Crippen LogP contribution in [0, 0.1) is 6.92 Å². The van der Waals surface area contributed by atoms with Crippen LogP contribution in [0.5, 0.6) is 0 Å². The summed E-state index contributed by atoms with van der Waals surface area (Å²) in [5.41, 5.74) is 0.212. The lowest BCUT2D eigenvalue weighted by molar-refractivity contribution is -0.119. The number of rotatable bonds is 5. The molecule has 0 aliphatic rings. The Morgan fingerprint density at radius 2 is 2.25 bits per heavy atom. The second kappa shape index (κ2) is 6.69. The molecular weight excluding hydrogens is 316 g/mol. The summed E-state index contributed by atoms with van der Waals surface area (Å²) in [6.07, 6.45) is 4.19. The van der Waals surface area contributed by atoms with E-state index in [0.717, 1.165) is 0 Å². The molecule has 0 atom stereocenters. The topological polar surface area (TPSA) is 125 Å². The average Bonchev–Trinajstić information content (AvgIpc) is 3.25. The van der Waals surface area contributed by atoms with Gasteiger partial charge in [0, 0.05) is 12.3 Å². The van der Waals surface area contributed by atoms with E-state index in [9.17, 15) is 9.59 Å². The summed E-state index contributed by atoms with van der Waals surface area (Å²) < 4.78 is 11.2. The van der Waals surface area contributed by atoms with Crippen LogP contribution in [0.25, 0.3) is 5.82 Å². The molecular formula is C14H12N6O4. The van der Waals surface area contributed by atoms with Gasteiger partial charge in [-0.3, -0.25) is 4.79 Å². The second-order valence-electron chi connectivity index (χ2n) is 4.69. The van der Waals surface area contributed by atoms with Crippen LogP contribution in [0.3, 0.4) is 0 Å². The van der Waals surface area contributed by atoms with Crippen molar-refractivity contribution in [3.05, 3.63) is 48.4 Å². The van der Waals surface area contributed by atoms with Crippen molar-refractivity contribution in [1.82, 2.24) is 24.9 Å². The number of nitrogens with one attached hydrogen (secondary N) is 1. The van der Waals surface area contributed by atoms with Crippen molar-refractivity contribution in [1.29, 1.82) is 0 Å². The van der Waals surface area contributed by atoms with E-state index in [2.05, 4.69) is 25.5 Å². The summed E-state index contributed by atoms with van der Waals surface area (Å²) in [6, 6.07) is 4.65. The van der Waals surface area contributed by atoms with E-state index in [4.69, 9.17) is 9.26 Å². The highest BCUT2D eigenvalue weighted by molar-refractivity contribution is 5.94. The molecule has 122 valence electrons. The number of aryl methyl sites for hydroxylation is 1. The number of aromatic nitrogens is 5. The summed E-state index contributed by atoms with van der Waals surface area (Å²) in [7, 11) is 0. The molecule has 0 radical (unpaired) electrons. The predicted molar refractivity (Wildman–Crippen MR) is 79.3 cm³/mol. The zero-order valence-electron chi connectivity index (χ0n) is 12.5. The van der Waals surface area contributed by atoms with Gasteiger partial charge in [0.2, 0.25) is 0 Å². The first-order valence-electron chi connectivity index (χ1n) is 6.83. The standard InChI is InChI=1S/C14H12N6O4/c1-9-4-11(19-24-9)18-13(21)6-23-14(22)10-2-3-12(16-5-10)20-8-15-7-17-20/h2-5,7-8H,6H2,1H3,(H,18,19,21). The van der Waals surface area contributed by atoms with Crippen molar-refractivity contribution < 1.29 is 18.8 Å². The summed E-state index contributed by atoms with van der Waals surface area (Å²) in [6.45, 7) is 1.24. The highest BCUT2D eigenvalue weighted by Crippen LogP contribution is 2.08. The maximum absolute atomic E-state index is 11.9. The van der Waals surface area contributed by atoms with Crippen LogP contribution in [-0.4, -0.2) is 43.4 Å². The third kappa shape index (κ3) is 3.61. The Kier molecular flexibility index (Phi) is 4.27. The molecule has 0 saturated heterocycles. The Morgan fingerprint density at radius 1 is 1.38 bits per heavy atom. The number of pyridine rings is 1. The van der Waals surface area contributed by atoms with Gasteiger partial charge in [-0.2, -0.15) is 5.10 Å². The van der Waals surface area contributed by atoms with Crippen molar-refractivity contribution in [3.63, 3.8) is 0 Å². The first-order chi connectivity index (χ1) is 11.6. The third-order valence-electron chi connectivity index (χ3n) is 2.87. The fourth-order valence-corrected chi connectivity index (χ4v) is 1.79. The van der Waals surface area contributed by atoms with Crippen molar-refractivity contribution in [2.24, 2.45) is 0 Å². The van der Waals surface area contributed by atoms with Crippen LogP contribution in [-0.2, 0) is 9.53 Å². The molecule has 3 aromatic heterocycles. The number of carbonyl (C=O) groups excluding carboxylic acids is 2. The van der Waals surface area contributed by atoms with Gasteiger partial charge >= 0.3 is 5.97 Å². The molecule has 0 aliphatic carbocycles. The Morgan fingerprint density at radius 3 is 2.88 bits per heavy atom. The smallest absolute Gasteiger partial charge is 0.340 e. The predicted octanol–water partition coefficient (Wildman–Crippen LogP) is 0.754. The zero-order chi connectivity index (χ0) is 16.9. The maximum atomic E-state index is 11.9. The van der Waals surface area contributed by atoms with Gasteiger partial charge < -0.3 is 14.6 Å². The lowest BCUT2D eigenvalue weighted by Crippen LogP contribution is -2.21. The molecule has 3 rings (SSSR count). The first-order valence-corrected chi connectivity index (χ1v) is 6.83. The molecule has 3 heterocycles. The number of nitrogens with zero attached hydrogens (tertiary/aromatic N) is 5. The fraction of sp³-hybridized carbons (Fsp3) is 0.143. The van der Waals surface area contributed by atoms with Crippen molar-refractivity contribution in [3.8, 4) is 5.82 Å².